The summed E-state index contributed by atoms with van der Waals surface area (Å²) in [4.78, 5) is 20.9. The van der Waals surface area contributed by atoms with E-state index in [1.54, 1.807) is 6.20 Å². The summed E-state index contributed by atoms with van der Waals surface area (Å²) in [6.07, 6.45) is 7.48. The number of benzene rings is 1. The fourth-order valence-corrected chi connectivity index (χ4v) is 3.47. The second-order valence-corrected chi connectivity index (χ2v) is 6.92. The second kappa shape index (κ2) is 7.79. The fourth-order valence-electron chi connectivity index (χ4n) is 3.47. The number of nitrogens with one attached hydrogen (secondary N) is 4. The average molecular weight is 381 g/mol. The van der Waals surface area contributed by atoms with Crippen LogP contribution in [0.25, 0.3) is 10.9 Å². The van der Waals surface area contributed by atoms with E-state index in [4.69, 9.17) is 11.6 Å². The molecule has 146 valence electrons. The molecule has 0 unspecified atom stereocenters. The number of hydrogen-bond acceptors (Lipinski definition) is 8. The van der Waals surface area contributed by atoms with E-state index in [1.165, 1.54) is 6.20 Å². The van der Waals surface area contributed by atoms with Gasteiger partial charge in [0.25, 0.3) is 5.91 Å². The smallest absolute Gasteiger partial charge is 0.287 e. The number of nitrogens with zero attached hydrogens (tertiary/aromatic N) is 3. The van der Waals surface area contributed by atoms with E-state index in [2.05, 4.69) is 36.2 Å². The number of carbonyl (C=O) groups is 1. The lowest BCUT2D eigenvalue weighted by Crippen LogP contribution is -2.42. The maximum absolute atomic E-state index is 12.1. The number of aromatic nitrogens is 4. The lowest BCUT2D eigenvalue weighted by molar-refractivity contribution is 0.0949. The first-order chi connectivity index (χ1) is 13.6. The Morgan fingerprint density at radius 3 is 2.89 bits per heavy atom. The second-order valence-electron chi connectivity index (χ2n) is 6.92. The molecular weight excluding hydrogens is 358 g/mol. The number of rotatable bonds is 5. The van der Waals surface area contributed by atoms with Gasteiger partial charge in [0, 0.05) is 23.2 Å². The normalized spacial score (nSPS) is 19.4. The van der Waals surface area contributed by atoms with E-state index in [0.717, 1.165) is 42.3 Å². The summed E-state index contributed by atoms with van der Waals surface area (Å²) in [5.74, 6) is 5.63. The van der Waals surface area contributed by atoms with Gasteiger partial charge in [-0.25, -0.2) is 15.8 Å². The van der Waals surface area contributed by atoms with Crippen LogP contribution in [0.15, 0.2) is 30.6 Å². The molecule has 3 aromatic rings. The Hall–Kier alpha value is -3.24. The van der Waals surface area contributed by atoms with E-state index in [1.807, 2.05) is 18.2 Å². The summed E-state index contributed by atoms with van der Waals surface area (Å²) in [5, 5.41) is 14.4. The van der Waals surface area contributed by atoms with Gasteiger partial charge in [-0.2, -0.15) is 5.10 Å². The third-order valence-corrected chi connectivity index (χ3v) is 4.97. The topological polar surface area (TPSA) is 160 Å². The Bertz CT molecular complexity index is 986. The summed E-state index contributed by atoms with van der Waals surface area (Å²) in [6.45, 7) is 0. The number of nitrogen functional groups attached to an aromatic ring is 1. The van der Waals surface area contributed by atoms with E-state index in [-0.39, 0.29) is 17.8 Å². The molecule has 0 radical (unpaired) electrons. The van der Waals surface area contributed by atoms with Crippen LogP contribution in [0.3, 0.4) is 0 Å². The molecule has 2 atom stereocenters. The SMILES string of the molecule is NNC(=O)c1ncc(N[C@@H]2CCCC[C@@H]2N)nc1Nc1ccc2[nH]ncc2c1. The van der Waals surface area contributed by atoms with Gasteiger partial charge >= 0.3 is 0 Å². The van der Waals surface area contributed by atoms with Crippen molar-refractivity contribution in [3.05, 3.63) is 36.3 Å². The van der Waals surface area contributed by atoms with Gasteiger partial charge in [0.2, 0.25) is 0 Å². The molecule has 1 aliphatic carbocycles. The van der Waals surface area contributed by atoms with Gasteiger partial charge in [0.05, 0.1) is 17.9 Å². The standard InChI is InChI=1S/C18H23N9O/c19-12-3-1-2-4-14(12)24-15-9-21-16(18(28)26-20)17(25-15)23-11-5-6-13-10(7-11)8-22-27-13/h5-9,12,14H,1-4,19-20H2,(H,22,27)(H,26,28)(H2,23,24,25)/t12-,14+/m0/s1. The van der Waals surface area contributed by atoms with Crippen molar-refractivity contribution >= 4 is 34.1 Å². The predicted octanol–water partition coefficient (Wildman–Crippen LogP) is 1.38. The number of hydrazine groups is 1. The van der Waals surface area contributed by atoms with Gasteiger partial charge in [-0.05, 0) is 31.0 Å². The highest BCUT2D eigenvalue weighted by molar-refractivity contribution is 5.97. The molecule has 0 saturated heterocycles. The number of amides is 1. The fraction of sp³-hybridized carbons (Fsp3) is 0.333. The minimum absolute atomic E-state index is 0.0717. The number of anilines is 3. The Kier molecular flexibility index (Phi) is 5.04. The van der Waals surface area contributed by atoms with Crippen molar-refractivity contribution in [2.24, 2.45) is 11.6 Å². The lowest BCUT2D eigenvalue weighted by atomic mass is 9.91. The third-order valence-electron chi connectivity index (χ3n) is 4.97. The van der Waals surface area contributed by atoms with Crippen molar-refractivity contribution in [3.8, 4) is 0 Å². The largest absolute Gasteiger partial charge is 0.364 e. The number of hydrogen-bond donors (Lipinski definition) is 6. The summed E-state index contributed by atoms with van der Waals surface area (Å²) < 4.78 is 0. The van der Waals surface area contributed by atoms with E-state index < -0.39 is 5.91 Å². The monoisotopic (exact) mass is 381 g/mol. The quantitative estimate of drug-likeness (QED) is 0.220. The van der Waals surface area contributed by atoms with Gasteiger partial charge in [-0.1, -0.05) is 12.8 Å². The molecule has 1 aliphatic rings. The van der Waals surface area contributed by atoms with Crippen LogP contribution < -0.4 is 27.6 Å². The average Bonchev–Trinajstić information content (AvgIpc) is 3.17. The Labute approximate surface area is 161 Å². The van der Waals surface area contributed by atoms with Crippen molar-refractivity contribution < 1.29 is 4.79 Å². The van der Waals surface area contributed by atoms with Crippen molar-refractivity contribution in [1.29, 1.82) is 0 Å². The molecule has 28 heavy (non-hydrogen) atoms. The van der Waals surface area contributed by atoms with Gasteiger partial charge < -0.3 is 16.4 Å². The van der Waals surface area contributed by atoms with Crippen LogP contribution in [-0.4, -0.2) is 38.2 Å². The van der Waals surface area contributed by atoms with Crippen molar-refractivity contribution in [2.75, 3.05) is 10.6 Å². The molecule has 8 N–H and O–H groups in total. The first-order valence-electron chi connectivity index (χ1n) is 9.24. The molecule has 1 saturated carbocycles. The Morgan fingerprint density at radius 1 is 1.21 bits per heavy atom. The molecular formula is C18H23N9O. The van der Waals surface area contributed by atoms with Crippen molar-refractivity contribution in [3.63, 3.8) is 0 Å². The molecule has 2 heterocycles. The predicted molar refractivity (Wildman–Crippen MR) is 107 cm³/mol. The van der Waals surface area contributed by atoms with Crippen LogP contribution in [0.2, 0.25) is 0 Å². The van der Waals surface area contributed by atoms with Gasteiger partial charge in [-0.15, -0.1) is 0 Å². The number of H-pyrrole nitrogens is 1. The van der Waals surface area contributed by atoms with Gasteiger partial charge in [0.1, 0.15) is 5.82 Å². The highest BCUT2D eigenvalue weighted by atomic mass is 16.2. The number of carbonyl (C=O) groups excluding carboxylic acids is 1. The maximum atomic E-state index is 12.1. The maximum Gasteiger partial charge on any atom is 0.287 e. The molecule has 4 rings (SSSR count). The van der Waals surface area contributed by atoms with Gasteiger partial charge in [0.15, 0.2) is 11.5 Å². The number of nitrogens with two attached hydrogens (primary N) is 2. The molecule has 0 aliphatic heterocycles. The molecule has 1 fully saturated rings. The van der Waals surface area contributed by atoms with Crippen LogP contribution >= 0.6 is 0 Å². The summed E-state index contributed by atoms with van der Waals surface area (Å²) in [7, 11) is 0. The third kappa shape index (κ3) is 3.73. The first-order valence-corrected chi connectivity index (χ1v) is 9.24. The van der Waals surface area contributed by atoms with E-state index >= 15 is 0 Å². The van der Waals surface area contributed by atoms with Crippen molar-refractivity contribution in [1.82, 2.24) is 25.6 Å². The molecule has 1 amide bonds. The zero-order chi connectivity index (χ0) is 19.5. The molecule has 0 bridgehead atoms. The molecule has 0 spiro atoms. The first kappa shape index (κ1) is 18.1. The lowest BCUT2D eigenvalue weighted by Gasteiger charge is -2.29. The van der Waals surface area contributed by atoms with Crippen molar-refractivity contribution in [2.45, 2.75) is 37.8 Å². The number of fused-ring (bicyclic) bond motifs is 1. The zero-order valence-corrected chi connectivity index (χ0v) is 15.3. The van der Waals surface area contributed by atoms with Gasteiger partial charge in [-0.3, -0.25) is 15.3 Å². The summed E-state index contributed by atoms with van der Waals surface area (Å²) in [6, 6.07) is 5.87. The Balaban J connectivity index is 1.63. The highest BCUT2D eigenvalue weighted by Crippen LogP contribution is 2.24. The summed E-state index contributed by atoms with van der Waals surface area (Å²) >= 11 is 0. The van der Waals surface area contributed by atoms with Crippen LogP contribution in [0.5, 0.6) is 0 Å². The molecule has 10 heteroatoms. The van der Waals surface area contributed by atoms with E-state index in [9.17, 15) is 4.79 Å². The molecule has 10 nitrogen and oxygen atoms in total. The minimum Gasteiger partial charge on any atom is -0.364 e. The minimum atomic E-state index is -0.527. The van der Waals surface area contributed by atoms with Crippen LogP contribution in [0.1, 0.15) is 36.2 Å². The van der Waals surface area contributed by atoms with Crippen LogP contribution in [-0.2, 0) is 0 Å². The van der Waals surface area contributed by atoms with E-state index in [0.29, 0.717) is 11.6 Å². The molecule has 2 aromatic heterocycles. The van der Waals surface area contributed by atoms with Crippen LogP contribution in [0, 0.1) is 0 Å². The number of aromatic amines is 1. The molecule has 1 aromatic carbocycles. The summed E-state index contributed by atoms with van der Waals surface area (Å²) in [5.41, 5.74) is 10.1. The Morgan fingerprint density at radius 2 is 2.07 bits per heavy atom. The highest BCUT2D eigenvalue weighted by Gasteiger charge is 2.23. The van der Waals surface area contributed by atoms with Crippen LogP contribution in [0.4, 0.5) is 17.3 Å². The zero-order valence-electron chi connectivity index (χ0n) is 15.3.